The third kappa shape index (κ3) is 3.67. The number of likely N-dealkylation sites (N-methyl/N-ethyl adjacent to an activating group) is 1. The molecule has 27 heavy (non-hydrogen) atoms. The van der Waals surface area contributed by atoms with Crippen molar-refractivity contribution in [2.45, 2.75) is 12.8 Å². The number of para-hydroxylation sites is 1. The Bertz CT molecular complexity index is 925. The Morgan fingerprint density at radius 3 is 2.70 bits per heavy atom. The predicted molar refractivity (Wildman–Crippen MR) is 107 cm³/mol. The van der Waals surface area contributed by atoms with Crippen molar-refractivity contribution in [3.05, 3.63) is 83.8 Å². The van der Waals surface area contributed by atoms with Gasteiger partial charge in [-0.15, -0.1) is 0 Å². The molecule has 1 aromatic carbocycles. The Morgan fingerprint density at radius 2 is 1.93 bits per heavy atom. The van der Waals surface area contributed by atoms with Crippen molar-refractivity contribution >= 4 is 17.4 Å². The summed E-state index contributed by atoms with van der Waals surface area (Å²) in [5.74, 6) is 0.876. The van der Waals surface area contributed by atoms with Gasteiger partial charge in [0.05, 0.1) is 5.56 Å². The van der Waals surface area contributed by atoms with Crippen molar-refractivity contribution in [3.63, 3.8) is 0 Å². The molecule has 2 aromatic heterocycles. The van der Waals surface area contributed by atoms with Gasteiger partial charge in [0.1, 0.15) is 5.82 Å². The average molecular weight is 358 g/mol. The first-order valence-corrected chi connectivity index (χ1v) is 9.18. The van der Waals surface area contributed by atoms with Crippen molar-refractivity contribution in [3.8, 4) is 0 Å². The van der Waals surface area contributed by atoms with E-state index in [4.69, 9.17) is 0 Å². The number of benzene rings is 1. The van der Waals surface area contributed by atoms with E-state index >= 15 is 0 Å². The molecule has 1 amide bonds. The molecule has 0 spiro atoms. The lowest BCUT2D eigenvalue weighted by molar-refractivity contribution is 0.0989. The van der Waals surface area contributed by atoms with E-state index < -0.39 is 0 Å². The average Bonchev–Trinajstić information content (AvgIpc) is 3.16. The molecule has 1 aliphatic heterocycles. The lowest BCUT2D eigenvalue weighted by Gasteiger charge is -2.20. The maximum atomic E-state index is 12.9. The summed E-state index contributed by atoms with van der Waals surface area (Å²) < 4.78 is 0. The molecular weight excluding hydrogens is 336 g/mol. The van der Waals surface area contributed by atoms with Gasteiger partial charge in [-0.05, 0) is 54.3 Å². The highest BCUT2D eigenvalue weighted by atomic mass is 16.2. The lowest BCUT2D eigenvalue weighted by Crippen LogP contribution is -2.29. The molecule has 0 radical (unpaired) electrons. The number of hydrogen-bond donors (Lipinski definition) is 0. The molecule has 136 valence electrons. The Balaban J connectivity index is 1.42. The zero-order chi connectivity index (χ0) is 18.6. The maximum absolute atomic E-state index is 12.9. The SMILES string of the molecule is CN(CCc1ccncc1)c1ccc(C(=O)N2CCc3ccccc32)cn1. The van der Waals surface area contributed by atoms with Crippen LogP contribution in [0.25, 0.3) is 0 Å². The van der Waals surface area contributed by atoms with Crippen LogP contribution in [0.4, 0.5) is 11.5 Å². The Hall–Kier alpha value is -3.21. The van der Waals surface area contributed by atoms with Crippen LogP contribution in [-0.2, 0) is 12.8 Å². The molecule has 1 aliphatic rings. The van der Waals surface area contributed by atoms with Crippen molar-refractivity contribution in [1.82, 2.24) is 9.97 Å². The van der Waals surface area contributed by atoms with Crippen LogP contribution in [0.1, 0.15) is 21.5 Å². The second kappa shape index (κ2) is 7.58. The first-order valence-electron chi connectivity index (χ1n) is 9.18. The summed E-state index contributed by atoms with van der Waals surface area (Å²) in [7, 11) is 2.02. The van der Waals surface area contributed by atoms with Crippen LogP contribution in [0.5, 0.6) is 0 Å². The number of hydrogen-bond acceptors (Lipinski definition) is 4. The van der Waals surface area contributed by atoms with Gasteiger partial charge in [0.15, 0.2) is 0 Å². The van der Waals surface area contributed by atoms with E-state index in [0.29, 0.717) is 5.56 Å². The largest absolute Gasteiger partial charge is 0.359 e. The summed E-state index contributed by atoms with van der Waals surface area (Å²) in [6, 6.07) is 15.9. The van der Waals surface area contributed by atoms with Crippen LogP contribution in [-0.4, -0.2) is 36.0 Å². The number of fused-ring (bicyclic) bond motifs is 1. The summed E-state index contributed by atoms with van der Waals surface area (Å²) >= 11 is 0. The third-order valence-electron chi connectivity index (χ3n) is 5.00. The van der Waals surface area contributed by atoms with E-state index in [1.54, 1.807) is 6.20 Å². The molecule has 5 heteroatoms. The van der Waals surface area contributed by atoms with Crippen molar-refractivity contribution in [1.29, 1.82) is 0 Å². The van der Waals surface area contributed by atoms with Gasteiger partial charge in [-0.1, -0.05) is 18.2 Å². The van der Waals surface area contributed by atoms with E-state index in [1.165, 1.54) is 11.1 Å². The fourth-order valence-electron chi connectivity index (χ4n) is 3.40. The fourth-order valence-corrected chi connectivity index (χ4v) is 3.40. The molecule has 3 heterocycles. The highest BCUT2D eigenvalue weighted by Crippen LogP contribution is 2.28. The van der Waals surface area contributed by atoms with Gasteiger partial charge < -0.3 is 9.80 Å². The Labute approximate surface area is 159 Å². The van der Waals surface area contributed by atoms with Crippen LogP contribution in [0, 0.1) is 0 Å². The first kappa shape index (κ1) is 17.2. The van der Waals surface area contributed by atoms with Gasteiger partial charge in [-0.25, -0.2) is 4.98 Å². The minimum Gasteiger partial charge on any atom is -0.359 e. The second-order valence-corrected chi connectivity index (χ2v) is 6.77. The van der Waals surface area contributed by atoms with E-state index in [9.17, 15) is 4.79 Å². The molecule has 0 fully saturated rings. The molecule has 0 unspecified atom stereocenters. The lowest BCUT2D eigenvalue weighted by atomic mass is 10.2. The molecule has 0 atom stereocenters. The summed E-state index contributed by atoms with van der Waals surface area (Å²) in [6.07, 6.45) is 7.13. The maximum Gasteiger partial charge on any atom is 0.259 e. The molecule has 5 nitrogen and oxygen atoms in total. The molecular formula is C22H22N4O. The van der Waals surface area contributed by atoms with Crippen LogP contribution in [0.2, 0.25) is 0 Å². The second-order valence-electron chi connectivity index (χ2n) is 6.77. The number of aromatic nitrogens is 2. The van der Waals surface area contributed by atoms with E-state index in [-0.39, 0.29) is 5.91 Å². The zero-order valence-electron chi connectivity index (χ0n) is 15.4. The van der Waals surface area contributed by atoms with Crippen LogP contribution < -0.4 is 9.80 Å². The molecule has 0 aliphatic carbocycles. The number of anilines is 2. The molecule has 4 rings (SSSR count). The number of pyridine rings is 2. The van der Waals surface area contributed by atoms with Gasteiger partial charge in [0, 0.05) is 44.4 Å². The Morgan fingerprint density at radius 1 is 1.11 bits per heavy atom. The molecule has 0 N–H and O–H groups in total. The molecule has 0 saturated carbocycles. The van der Waals surface area contributed by atoms with Crippen LogP contribution in [0.15, 0.2) is 67.1 Å². The third-order valence-corrected chi connectivity index (χ3v) is 5.00. The summed E-state index contributed by atoms with van der Waals surface area (Å²) in [4.78, 5) is 25.4. The van der Waals surface area contributed by atoms with E-state index in [1.807, 2.05) is 66.8 Å². The monoisotopic (exact) mass is 358 g/mol. The minimum absolute atomic E-state index is 0.0124. The van der Waals surface area contributed by atoms with E-state index in [0.717, 1.165) is 37.4 Å². The standard InChI is InChI=1S/C22H22N4O/c1-25(14-10-17-8-12-23-13-9-17)21-7-6-19(16-24-21)22(27)26-15-11-18-4-2-3-5-20(18)26/h2-9,12-13,16H,10-11,14-15H2,1H3. The van der Waals surface area contributed by atoms with Crippen LogP contribution >= 0.6 is 0 Å². The normalized spacial score (nSPS) is 12.7. The zero-order valence-corrected chi connectivity index (χ0v) is 15.4. The number of carbonyl (C=O) groups excluding carboxylic acids is 1. The number of rotatable bonds is 5. The van der Waals surface area contributed by atoms with E-state index in [2.05, 4.69) is 20.9 Å². The summed E-state index contributed by atoms with van der Waals surface area (Å²) in [5, 5.41) is 0. The quantitative estimate of drug-likeness (QED) is 0.702. The summed E-state index contributed by atoms with van der Waals surface area (Å²) in [5.41, 5.74) is 4.11. The highest BCUT2D eigenvalue weighted by Gasteiger charge is 2.25. The fraction of sp³-hybridized carbons (Fsp3) is 0.227. The molecule has 0 saturated heterocycles. The first-order chi connectivity index (χ1) is 13.2. The van der Waals surface area contributed by atoms with Crippen LogP contribution in [0.3, 0.4) is 0 Å². The van der Waals surface area contributed by atoms with Crippen molar-refractivity contribution < 1.29 is 4.79 Å². The van der Waals surface area contributed by atoms with Gasteiger partial charge in [0.2, 0.25) is 0 Å². The predicted octanol–water partition coefficient (Wildman–Crippen LogP) is 3.36. The minimum atomic E-state index is 0.0124. The Kier molecular flexibility index (Phi) is 4.83. The molecule has 3 aromatic rings. The number of amides is 1. The summed E-state index contributed by atoms with van der Waals surface area (Å²) in [6.45, 7) is 1.58. The number of carbonyl (C=O) groups is 1. The van der Waals surface area contributed by atoms with Gasteiger partial charge >= 0.3 is 0 Å². The topological polar surface area (TPSA) is 49.3 Å². The van der Waals surface area contributed by atoms with Gasteiger partial charge in [-0.3, -0.25) is 9.78 Å². The number of nitrogens with zero attached hydrogens (tertiary/aromatic N) is 4. The van der Waals surface area contributed by atoms with Gasteiger partial charge in [-0.2, -0.15) is 0 Å². The highest BCUT2D eigenvalue weighted by molar-refractivity contribution is 6.07. The molecule has 0 bridgehead atoms. The van der Waals surface area contributed by atoms with Crippen molar-refractivity contribution in [2.24, 2.45) is 0 Å². The smallest absolute Gasteiger partial charge is 0.259 e. The van der Waals surface area contributed by atoms with Crippen molar-refractivity contribution in [2.75, 3.05) is 29.9 Å². The van der Waals surface area contributed by atoms with Gasteiger partial charge in [0.25, 0.3) is 5.91 Å².